The van der Waals surface area contributed by atoms with Gasteiger partial charge in [-0.15, -0.1) is 0 Å². The van der Waals surface area contributed by atoms with Crippen LogP contribution in [-0.2, 0) is 9.59 Å². The highest BCUT2D eigenvalue weighted by Crippen LogP contribution is 2.21. The second-order valence-electron chi connectivity index (χ2n) is 3.13. The SMILES string of the molecule is CC.CN1C(=O)C=C(c2ccccc2)C1=O. The van der Waals surface area contributed by atoms with Gasteiger partial charge in [0.05, 0.1) is 5.57 Å². The summed E-state index contributed by atoms with van der Waals surface area (Å²) in [5, 5.41) is 0. The van der Waals surface area contributed by atoms with Gasteiger partial charge in [0.15, 0.2) is 0 Å². The van der Waals surface area contributed by atoms with Crippen molar-refractivity contribution in [1.29, 1.82) is 0 Å². The number of likely N-dealkylation sites (N-methyl/N-ethyl adjacent to an activating group) is 1. The summed E-state index contributed by atoms with van der Waals surface area (Å²) >= 11 is 0. The number of imide groups is 1. The van der Waals surface area contributed by atoms with E-state index in [9.17, 15) is 9.59 Å². The molecule has 0 bridgehead atoms. The van der Waals surface area contributed by atoms with E-state index in [0.717, 1.165) is 10.5 Å². The van der Waals surface area contributed by atoms with Gasteiger partial charge in [-0.3, -0.25) is 14.5 Å². The summed E-state index contributed by atoms with van der Waals surface area (Å²) in [5.41, 5.74) is 1.26. The van der Waals surface area contributed by atoms with Crippen LogP contribution in [0.25, 0.3) is 5.57 Å². The number of hydrogen-bond acceptors (Lipinski definition) is 2. The summed E-state index contributed by atoms with van der Waals surface area (Å²) < 4.78 is 0. The third-order valence-corrected chi connectivity index (χ3v) is 2.22. The van der Waals surface area contributed by atoms with Crippen LogP contribution in [0.15, 0.2) is 36.4 Å². The van der Waals surface area contributed by atoms with E-state index in [1.165, 1.54) is 13.1 Å². The lowest BCUT2D eigenvalue weighted by Crippen LogP contribution is -2.25. The van der Waals surface area contributed by atoms with Crippen LogP contribution < -0.4 is 0 Å². The Morgan fingerprint density at radius 1 is 1.00 bits per heavy atom. The molecule has 0 atom stereocenters. The van der Waals surface area contributed by atoms with Crippen molar-refractivity contribution in [1.82, 2.24) is 4.90 Å². The van der Waals surface area contributed by atoms with E-state index < -0.39 is 0 Å². The molecule has 0 spiro atoms. The lowest BCUT2D eigenvalue weighted by molar-refractivity contribution is -0.134. The Hall–Kier alpha value is -1.90. The first-order chi connectivity index (χ1) is 7.70. The molecule has 1 aromatic carbocycles. The maximum absolute atomic E-state index is 11.6. The highest BCUT2D eigenvalue weighted by molar-refractivity contribution is 6.33. The monoisotopic (exact) mass is 217 g/mol. The van der Waals surface area contributed by atoms with Crippen molar-refractivity contribution in [3.8, 4) is 0 Å². The van der Waals surface area contributed by atoms with E-state index in [0.29, 0.717) is 5.57 Å². The topological polar surface area (TPSA) is 37.4 Å². The highest BCUT2D eigenvalue weighted by atomic mass is 16.2. The Kier molecular flexibility index (Phi) is 4.00. The Labute approximate surface area is 95.4 Å². The van der Waals surface area contributed by atoms with Gasteiger partial charge in [-0.25, -0.2) is 0 Å². The third-order valence-electron chi connectivity index (χ3n) is 2.22. The van der Waals surface area contributed by atoms with Gasteiger partial charge in [0.25, 0.3) is 11.8 Å². The van der Waals surface area contributed by atoms with Crippen molar-refractivity contribution in [3.63, 3.8) is 0 Å². The van der Waals surface area contributed by atoms with Crippen LogP contribution in [-0.4, -0.2) is 23.8 Å². The van der Waals surface area contributed by atoms with Gasteiger partial charge in [0.2, 0.25) is 0 Å². The Bertz CT molecular complexity index is 421. The smallest absolute Gasteiger partial charge is 0.261 e. The largest absolute Gasteiger partial charge is 0.278 e. The highest BCUT2D eigenvalue weighted by Gasteiger charge is 2.27. The minimum Gasteiger partial charge on any atom is -0.278 e. The summed E-state index contributed by atoms with van der Waals surface area (Å²) in [6, 6.07) is 9.18. The van der Waals surface area contributed by atoms with Crippen LogP contribution >= 0.6 is 0 Å². The number of benzene rings is 1. The summed E-state index contributed by atoms with van der Waals surface area (Å²) in [7, 11) is 1.48. The molecule has 1 heterocycles. The summed E-state index contributed by atoms with van der Waals surface area (Å²) in [4.78, 5) is 23.9. The fourth-order valence-corrected chi connectivity index (χ4v) is 1.39. The van der Waals surface area contributed by atoms with E-state index in [4.69, 9.17) is 0 Å². The number of amides is 2. The molecule has 3 nitrogen and oxygen atoms in total. The second kappa shape index (κ2) is 5.26. The van der Waals surface area contributed by atoms with Crippen LogP contribution in [0.3, 0.4) is 0 Å². The normalized spacial score (nSPS) is 14.4. The number of carbonyl (C=O) groups is 2. The zero-order chi connectivity index (χ0) is 12.1. The fraction of sp³-hybridized carbons (Fsp3) is 0.231. The van der Waals surface area contributed by atoms with Crippen molar-refractivity contribution in [2.45, 2.75) is 13.8 Å². The fourth-order valence-electron chi connectivity index (χ4n) is 1.39. The maximum Gasteiger partial charge on any atom is 0.261 e. The zero-order valence-corrected chi connectivity index (χ0v) is 9.73. The molecular weight excluding hydrogens is 202 g/mol. The van der Waals surface area contributed by atoms with E-state index in [1.54, 1.807) is 0 Å². The molecule has 1 aliphatic heterocycles. The molecule has 0 aliphatic carbocycles. The van der Waals surface area contributed by atoms with Crippen LogP contribution in [0.1, 0.15) is 19.4 Å². The van der Waals surface area contributed by atoms with Crippen LogP contribution in [0.5, 0.6) is 0 Å². The predicted molar refractivity (Wildman–Crippen MR) is 63.5 cm³/mol. The van der Waals surface area contributed by atoms with E-state index in [2.05, 4.69) is 0 Å². The minimum absolute atomic E-state index is 0.235. The molecule has 0 fully saturated rings. The molecule has 0 saturated heterocycles. The first-order valence-corrected chi connectivity index (χ1v) is 5.29. The predicted octanol–water partition coefficient (Wildman–Crippen LogP) is 2.09. The number of hydrogen-bond donors (Lipinski definition) is 0. The molecule has 0 radical (unpaired) electrons. The van der Waals surface area contributed by atoms with Crippen molar-refractivity contribution in [3.05, 3.63) is 42.0 Å². The zero-order valence-electron chi connectivity index (χ0n) is 9.73. The van der Waals surface area contributed by atoms with Gasteiger partial charge in [0.1, 0.15) is 0 Å². The first kappa shape index (κ1) is 12.2. The second-order valence-corrected chi connectivity index (χ2v) is 3.13. The van der Waals surface area contributed by atoms with Crippen LogP contribution in [0.4, 0.5) is 0 Å². The summed E-state index contributed by atoms with van der Waals surface area (Å²) in [6.07, 6.45) is 1.37. The molecule has 3 heteroatoms. The van der Waals surface area contributed by atoms with E-state index in [1.807, 2.05) is 44.2 Å². The number of carbonyl (C=O) groups excluding carboxylic acids is 2. The van der Waals surface area contributed by atoms with E-state index >= 15 is 0 Å². The Morgan fingerprint density at radius 3 is 2.00 bits per heavy atom. The summed E-state index contributed by atoms with van der Waals surface area (Å²) in [5.74, 6) is -0.491. The van der Waals surface area contributed by atoms with Crippen LogP contribution in [0, 0.1) is 0 Å². The van der Waals surface area contributed by atoms with Crippen molar-refractivity contribution < 1.29 is 9.59 Å². The average molecular weight is 217 g/mol. The molecule has 84 valence electrons. The Morgan fingerprint density at radius 2 is 1.56 bits per heavy atom. The van der Waals surface area contributed by atoms with Gasteiger partial charge < -0.3 is 0 Å². The summed E-state index contributed by atoms with van der Waals surface area (Å²) in [6.45, 7) is 4.00. The lowest BCUT2D eigenvalue weighted by Gasteiger charge is -2.06. The maximum atomic E-state index is 11.6. The van der Waals surface area contributed by atoms with Crippen molar-refractivity contribution in [2.75, 3.05) is 7.05 Å². The molecule has 1 aromatic rings. The molecule has 0 aromatic heterocycles. The molecule has 2 rings (SSSR count). The molecule has 0 unspecified atom stereocenters. The minimum atomic E-state index is -0.256. The standard InChI is InChI=1S/C11H9NO2.C2H6/c1-12-10(13)7-9(11(12)14)8-5-3-2-4-6-8;1-2/h2-7H,1H3;1-2H3. The van der Waals surface area contributed by atoms with Gasteiger partial charge in [-0.05, 0) is 5.56 Å². The molecular formula is C13H15NO2. The third kappa shape index (κ3) is 2.19. The molecule has 0 saturated carbocycles. The Balaban J connectivity index is 0.000000606. The van der Waals surface area contributed by atoms with Gasteiger partial charge >= 0.3 is 0 Å². The van der Waals surface area contributed by atoms with Gasteiger partial charge in [0, 0.05) is 13.1 Å². The molecule has 2 amide bonds. The first-order valence-electron chi connectivity index (χ1n) is 5.29. The van der Waals surface area contributed by atoms with Crippen LogP contribution in [0.2, 0.25) is 0 Å². The quantitative estimate of drug-likeness (QED) is 0.675. The average Bonchev–Trinajstić information content (AvgIpc) is 2.61. The van der Waals surface area contributed by atoms with Gasteiger partial charge in [-0.1, -0.05) is 44.2 Å². The molecule has 16 heavy (non-hydrogen) atoms. The van der Waals surface area contributed by atoms with Crippen molar-refractivity contribution in [2.24, 2.45) is 0 Å². The number of nitrogens with zero attached hydrogens (tertiary/aromatic N) is 1. The number of rotatable bonds is 1. The van der Waals surface area contributed by atoms with Gasteiger partial charge in [-0.2, -0.15) is 0 Å². The molecule has 1 aliphatic rings. The van der Waals surface area contributed by atoms with Crippen molar-refractivity contribution >= 4 is 17.4 Å². The lowest BCUT2D eigenvalue weighted by atomic mass is 10.1. The van der Waals surface area contributed by atoms with E-state index in [-0.39, 0.29) is 11.8 Å². The molecule has 0 N–H and O–H groups in total.